The van der Waals surface area contributed by atoms with Crippen LogP contribution >= 0.6 is 0 Å². The molecule has 0 radical (unpaired) electrons. The maximum Gasteiger partial charge on any atom is 0.416 e. The summed E-state index contributed by atoms with van der Waals surface area (Å²) in [5, 5.41) is 5.04. The second-order valence-corrected chi connectivity index (χ2v) is 5.27. The largest absolute Gasteiger partial charge is 0.416 e. The number of morpholine rings is 1. The monoisotopic (exact) mass is 356 g/mol. The van der Waals surface area contributed by atoms with Gasteiger partial charge in [0.05, 0.1) is 24.3 Å². The second-order valence-electron chi connectivity index (χ2n) is 5.27. The fraction of sp³-hybridized carbons (Fsp3) is 0.500. The minimum atomic E-state index is -4.96. The summed E-state index contributed by atoms with van der Waals surface area (Å²) in [5.74, 6) is -0.703. The number of carbonyl (C=O) groups excluding carboxylic acids is 1. The number of ether oxygens (including phenoxy) is 1. The first-order valence-corrected chi connectivity index (χ1v) is 6.96. The van der Waals surface area contributed by atoms with Gasteiger partial charge in [0.1, 0.15) is 0 Å². The van der Waals surface area contributed by atoms with E-state index < -0.39 is 35.1 Å². The second kappa shape index (κ2) is 6.98. The zero-order valence-electron chi connectivity index (χ0n) is 12.2. The lowest BCUT2D eigenvalue weighted by Crippen LogP contribution is -2.43. The van der Waals surface area contributed by atoms with Crippen LogP contribution in [0.4, 0.5) is 32.0 Å². The van der Waals surface area contributed by atoms with E-state index in [9.17, 15) is 31.1 Å². The number of hydrogen-bond acceptors (Lipinski definition) is 3. The molecule has 134 valence electrons. The molecule has 1 aliphatic rings. The van der Waals surface area contributed by atoms with Crippen LogP contribution in [0, 0.1) is 0 Å². The van der Waals surface area contributed by atoms with Gasteiger partial charge in [0.25, 0.3) is 0 Å². The van der Waals surface area contributed by atoms with Crippen molar-refractivity contribution in [3.8, 4) is 0 Å². The Morgan fingerprint density at radius 2 is 1.71 bits per heavy atom. The first-order valence-electron chi connectivity index (χ1n) is 6.96. The smallest absolute Gasteiger partial charge is 0.378 e. The molecule has 1 unspecified atom stereocenters. The van der Waals surface area contributed by atoms with Crippen molar-refractivity contribution in [1.29, 1.82) is 0 Å². The fourth-order valence-corrected chi connectivity index (χ4v) is 2.21. The number of rotatable bonds is 3. The standard InChI is InChI=1S/C14H14F6N2O2/c15-13(16,17)8-3-9(14(18,19)20)5-10(4-8)22-12(23)6-11-7-24-2-1-21-11/h3-5,11,21H,1-2,6-7H2,(H,22,23). The molecule has 1 aromatic rings. The zero-order valence-corrected chi connectivity index (χ0v) is 12.2. The van der Waals surface area contributed by atoms with Crippen LogP contribution in [0.5, 0.6) is 0 Å². The molecule has 2 N–H and O–H groups in total. The Balaban J connectivity index is 2.17. The molecule has 0 bridgehead atoms. The van der Waals surface area contributed by atoms with Crippen molar-refractivity contribution in [2.24, 2.45) is 0 Å². The summed E-state index contributed by atoms with van der Waals surface area (Å²) in [6.07, 6.45) is -10.0. The molecule has 2 rings (SSSR count). The minimum absolute atomic E-state index is 0.00614. The topological polar surface area (TPSA) is 50.4 Å². The summed E-state index contributed by atoms with van der Waals surface area (Å²) in [4.78, 5) is 11.8. The van der Waals surface area contributed by atoms with Crippen molar-refractivity contribution in [2.75, 3.05) is 25.1 Å². The highest BCUT2D eigenvalue weighted by Crippen LogP contribution is 2.37. The minimum Gasteiger partial charge on any atom is -0.378 e. The summed E-state index contributed by atoms with van der Waals surface area (Å²) >= 11 is 0. The number of carbonyl (C=O) groups is 1. The highest BCUT2D eigenvalue weighted by molar-refractivity contribution is 5.91. The Labute approximate surface area is 133 Å². The molecule has 0 saturated carbocycles. The maximum absolute atomic E-state index is 12.7. The van der Waals surface area contributed by atoms with Crippen molar-refractivity contribution < 1.29 is 35.9 Å². The summed E-state index contributed by atoms with van der Waals surface area (Å²) in [5.41, 5.74) is -3.52. The molecule has 0 aliphatic carbocycles. The van der Waals surface area contributed by atoms with Crippen molar-refractivity contribution >= 4 is 11.6 Å². The lowest BCUT2D eigenvalue weighted by atomic mass is 10.1. The Hall–Kier alpha value is -1.81. The van der Waals surface area contributed by atoms with E-state index in [-0.39, 0.29) is 25.1 Å². The first-order chi connectivity index (χ1) is 11.1. The van der Waals surface area contributed by atoms with Gasteiger partial charge in [0.2, 0.25) is 5.91 Å². The molecule has 1 aliphatic heterocycles. The molecule has 0 aromatic heterocycles. The molecule has 1 heterocycles. The van der Waals surface area contributed by atoms with Crippen molar-refractivity contribution in [1.82, 2.24) is 5.32 Å². The fourth-order valence-electron chi connectivity index (χ4n) is 2.21. The number of hydrogen-bond donors (Lipinski definition) is 2. The lowest BCUT2D eigenvalue weighted by molar-refractivity contribution is -0.143. The van der Waals surface area contributed by atoms with E-state index in [0.717, 1.165) is 0 Å². The molecular formula is C14H14F6N2O2. The summed E-state index contributed by atoms with van der Waals surface area (Å²) in [6.45, 7) is 1.23. The maximum atomic E-state index is 12.7. The number of benzene rings is 1. The van der Waals surface area contributed by atoms with Crippen LogP contribution in [0.15, 0.2) is 18.2 Å². The van der Waals surface area contributed by atoms with Gasteiger partial charge in [-0.1, -0.05) is 0 Å². The summed E-state index contributed by atoms with van der Waals surface area (Å²) in [6, 6.07) is 0.605. The van der Waals surface area contributed by atoms with Crippen LogP contribution in [0.3, 0.4) is 0 Å². The SMILES string of the molecule is O=C(CC1COCCN1)Nc1cc(C(F)(F)F)cc(C(F)(F)F)c1. The van der Waals surface area contributed by atoms with Crippen molar-refractivity contribution in [3.63, 3.8) is 0 Å². The molecule has 24 heavy (non-hydrogen) atoms. The van der Waals surface area contributed by atoms with Gasteiger partial charge in [0.15, 0.2) is 0 Å². The Kier molecular flexibility index (Phi) is 5.38. The number of amides is 1. The number of anilines is 1. The Bertz CT molecular complexity index is 562. The zero-order chi connectivity index (χ0) is 18.0. The predicted molar refractivity (Wildman–Crippen MR) is 72.3 cm³/mol. The van der Waals surface area contributed by atoms with E-state index >= 15 is 0 Å². The number of alkyl halides is 6. The molecule has 1 fully saturated rings. The van der Waals surface area contributed by atoms with E-state index in [4.69, 9.17) is 4.74 Å². The van der Waals surface area contributed by atoms with Crippen LogP contribution in [-0.4, -0.2) is 31.7 Å². The van der Waals surface area contributed by atoms with E-state index in [0.29, 0.717) is 25.3 Å². The highest BCUT2D eigenvalue weighted by Gasteiger charge is 2.37. The molecule has 1 amide bonds. The van der Waals surface area contributed by atoms with Gasteiger partial charge in [-0.3, -0.25) is 4.79 Å². The summed E-state index contributed by atoms with van der Waals surface area (Å²) < 4.78 is 81.6. The summed E-state index contributed by atoms with van der Waals surface area (Å²) in [7, 11) is 0. The van der Waals surface area contributed by atoms with Crippen molar-refractivity contribution in [2.45, 2.75) is 24.8 Å². The molecule has 4 nitrogen and oxygen atoms in total. The molecule has 1 aromatic carbocycles. The van der Waals surface area contributed by atoms with Gasteiger partial charge in [-0.15, -0.1) is 0 Å². The first kappa shape index (κ1) is 18.5. The third kappa shape index (κ3) is 5.10. The van der Waals surface area contributed by atoms with Gasteiger partial charge in [-0.25, -0.2) is 0 Å². The van der Waals surface area contributed by atoms with E-state index in [1.807, 2.05) is 0 Å². The predicted octanol–water partition coefficient (Wildman–Crippen LogP) is 3.04. The molecule has 0 spiro atoms. The van der Waals surface area contributed by atoms with Crippen LogP contribution in [0.1, 0.15) is 17.5 Å². The highest BCUT2D eigenvalue weighted by atomic mass is 19.4. The van der Waals surface area contributed by atoms with Crippen LogP contribution in [0.2, 0.25) is 0 Å². The number of halogens is 6. The van der Waals surface area contributed by atoms with Crippen LogP contribution in [-0.2, 0) is 21.9 Å². The van der Waals surface area contributed by atoms with E-state index in [1.165, 1.54) is 0 Å². The Morgan fingerprint density at radius 3 is 2.17 bits per heavy atom. The average Bonchev–Trinajstić information content (AvgIpc) is 2.46. The normalized spacial score (nSPS) is 19.2. The van der Waals surface area contributed by atoms with Gasteiger partial charge < -0.3 is 15.4 Å². The molecule has 1 atom stereocenters. The van der Waals surface area contributed by atoms with Gasteiger partial charge in [-0.2, -0.15) is 26.3 Å². The molecular weight excluding hydrogens is 342 g/mol. The Morgan fingerprint density at radius 1 is 1.12 bits per heavy atom. The number of nitrogens with one attached hydrogen (secondary N) is 2. The van der Waals surface area contributed by atoms with E-state index in [1.54, 1.807) is 0 Å². The molecule has 1 saturated heterocycles. The van der Waals surface area contributed by atoms with Crippen molar-refractivity contribution in [3.05, 3.63) is 29.3 Å². The molecule has 10 heteroatoms. The quantitative estimate of drug-likeness (QED) is 0.819. The van der Waals surface area contributed by atoms with Gasteiger partial charge in [-0.05, 0) is 18.2 Å². The van der Waals surface area contributed by atoms with Crippen LogP contribution < -0.4 is 10.6 Å². The third-order valence-electron chi connectivity index (χ3n) is 3.30. The van der Waals surface area contributed by atoms with Gasteiger partial charge in [0, 0.05) is 24.7 Å². The average molecular weight is 356 g/mol. The van der Waals surface area contributed by atoms with Crippen LogP contribution in [0.25, 0.3) is 0 Å². The third-order valence-corrected chi connectivity index (χ3v) is 3.30. The van der Waals surface area contributed by atoms with Gasteiger partial charge >= 0.3 is 12.4 Å². The lowest BCUT2D eigenvalue weighted by Gasteiger charge is -2.23. The van der Waals surface area contributed by atoms with E-state index in [2.05, 4.69) is 10.6 Å².